The predicted molar refractivity (Wildman–Crippen MR) is 78.8 cm³/mol. The molecule has 5 nitrogen and oxygen atoms in total. The molecule has 21 heavy (non-hydrogen) atoms. The molecule has 1 aliphatic rings. The van der Waals surface area contributed by atoms with Crippen LogP contribution in [0.5, 0.6) is 0 Å². The van der Waals surface area contributed by atoms with Crippen LogP contribution in [0.2, 0.25) is 0 Å². The van der Waals surface area contributed by atoms with E-state index in [-0.39, 0.29) is 18.4 Å². The number of hydrogen-bond acceptors (Lipinski definition) is 3. The third kappa shape index (κ3) is 2.69. The largest absolute Gasteiger partial charge is 0.375 e. The highest BCUT2D eigenvalue weighted by Crippen LogP contribution is 2.33. The van der Waals surface area contributed by atoms with Crippen molar-refractivity contribution < 1.29 is 9.53 Å². The van der Waals surface area contributed by atoms with E-state index in [1.54, 1.807) is 11.8 Å². The van der Waals surface area contributed by atoms with Crippen molar-refractivity contribution in [1.29, 1.82) is 0 Å². The maximum Gasteiger partial charge on any atom is 0.248 e. The van der Waals surface area contributed by atoms with Gasteiger partial charge in [0.2, 0.25) is 5.91 Å². The molecule has 0 radical (unpaired) electrons. The van der Waals surface area contributed by atoms with E-state index in [0.717, 1.165) is 5.56 Å². The second-order valence-corrected chi connectivity index (χ2v) is 5.41. The van der Waals surface area contributed by atoms with Crippen LogP contribution >= 0.6 is 0 Å². The van der Waals surface area contributed by atoms with Crippen LogP contribution in [0, 0.1) is 0 Å². The lowest BCUT2D eigenvalue weighted by Crippen LogP contribution is -2.40. The van der Waals surface area contributed by atoms with Gasteiger partial charge in [-0.15, -0.1) is 0 Å². The number of amides is 1. The van der Waals surface area contributed by atoms with Crippen LogP contribution in [-0.2, 0) is 23.1 Å². The molecule has 0 bridgehead atoms. The van der Waals surface area contributed by atoms with Gasteiger partial charge in [0.15, 0.2) is 0 Å². The second kappa shape index (κ2) is 5.69. The van der Waals surface area contributed by atoms with Crippen LogP contribution in [0.1, 0.15) is 22.6 Å². The van der Waals surface area contributed by atoms with E-state index in [4.69, 9.17) is 4.74 Å². The topological polar surface area (TPSA) is 47.4 Å². The Bertz CT molecular complexity index is 650. The summed E-state index contributed by atoms with van der Waals surface area (Å²) in [5.41, 5.74) is 3.62. The van der Waals surface area contributed by atoms with Crippen LogP contribution in [0.4, 0.5) is 0 Å². The molecule has 0 saturated heterocycles. The normalized spacial score (nSPS) is 17.6. The first-order valence-electron chi connectivity index (χ1n) is 7.02. The Morgan fingerprint density at radius 1 is 1.43 bits per heavy atom. The van der Waals surface area contributed by atoms with Crippen molar-refractivity contribution in [3.05, 3.63) is 53.3 Å². The number of nitrogens with zero attached hydrogens (tertiary/aromatic N) is 3. The molecule has 5 heteroatoms. The zero-order valence-corrected chi connectivity index (χ0v) is 12.3. The Morgan fingerprint density at radius 2 is 2.24 bits per heavy atom. The van der Waals surface area contributed by atoms with Gasteiger partial charge in [-0.05, 0) is 16.7 Å². The number of methoxy groups -OCH3 is 1. The molecule has 1 amide bonds. The van der Waals surface area contributed by atoms with Crippen LogP contribution in [0.15, 0.2) is 36.7 Å². The first-order chi connectivity index (χ1) is 10.2. The van der Waals surface area contributed by atoms with Crippen LogP contribution in [-0.4, -0.2) is 40.8 Å². The first kappa shape index (κ1) is 13.8. The molecule has 0 fully saturated rings. The van der Waals surface area contributed by atoms with Crippen LogP contribution in [0.25, 0.3) is 0 Å². The van der Waals surface area contributed by atoms with Gasteiger partial charge in [0.05, 0.1) is 6.20 Å². The van der Waals surface area contributed by atoms with Crippen molar-refractivity contribution in [2.24, 2.45) is 7.05 Å². The van der Waals surface area contributed by atoms with Gasteiger partial charge in [0, 0.05) is 39.4 Å². The minimum Gasteiger partial charge on any atom is -0.375 e. The Labute approximate surface area is 124 Å². The molecule has 1 atom stereocenters. The number of fused-ring (bicyclic) bond motifs is 1. The second-order valence-electron chi connectivity index (χ2n) is 5.41. The van der Waals surface area contributed by atoms with Gasteiger partial charge in [-0.25, -0.2) is 0 Å². The fraction of sp³-hybridized carbons (Fsp3) is 0.375. The fourth-order valence-corrected chi connectivity index (χ4v) is 2.92. The maximum atomic E-state index is 12.2. The summed E-state index contributed by atoms with van der Waals surface area (Å²) in [5.74, 6) is 0.199. The van der Waals surface area contributed by atoms with E-state index < -0.39 is 0 Å². The standard InChI is InChI=1S/C16H19N3O2/c1-18-8-13(7-17-18)15-10-19(16(20)11-21-2)9-12-5-3-4-6-14(12)15/h3-8,15H,9-11H2,1-2H3. The van der Waals surface area contributed by atoms with Gasteiger partial charge >= 0.3 is 0 Å². The third-order valence-corrected chi connectivity index (χ3v) is 3.94. The number of hydrogen-bond donors (Lipinski definition) is 0. The van der Waals surface area contributed by atoms with Crippen LogP contribution < -0.4 is 0 Å². The van der Waals surface area contributed by atoms with Crippen molar-refractivity contribution in [3.8, 4) is 0 Å². The number of carbonyl (C=O) groups excluding carboxylic acids is 1. The molecule has 0 saturated carbocycles. The quantitative estimate of drug-likeness (QED) is 0.859. The summed E-state index contributed by atoms with van der Waals surface area (Å²) in [6.45, 7) is 1.45. The summed E-state index contributed by atoms with van der Waals surface area (Å²) in [5, 5.41) is 4.26. The minimum atomic E-state index is 0.0286. The molecule has 0 spiro atoms. The molecule has 1 aromatic carbocycles. The molecule has 2 aromatic rings. The van der Waals surface area contributed by atoms with Crippen molar-refractivity contribution in [3.63, 3.8) is 0 Å². The Kier molecular flexibility index (Phi) is 3.75. The van der Waals surface area contributed by atoms with E-state index in [0.29, 0.717) is 13.1 Å². The SMILES string of the molecule is COCC(=O)N1Cc2ccccc2C(c2cnn(C)c2)C1. The van der Waals surface area contributed by atoms with E-state index in [2.05, 4.69) is 23.3 Å². The number of aromatic nitrogens is 2. The number of ether oxygens (including phenoxy) is 1. The van der Waals surface area contributed by atoms with Crippen molar-refractivity contribution in [2.45, 2.75) is 12.5 Å². The summed E-state index contributed by atoms with van der Waals surface area (Å²) in [6, 6.07) is 8.30. The maximum absolute atomic E-state index is 12.2. The zero-order chi connectivity index (χ0) is 14.8. The average molecular weight is 285 g/mol. The highest BCUT2D eigenvalue weighted by atomic mass is 16.5. The molecular formula is C16H19N3O2. The Morgan fingerprint density at radius 3 is 2.95 bits per heavy atom. The van der Waals surface area contributed by atoms with Crippen molar-refractivity contribution in [2.75, 3.05) is 20.3 Å². The van der Waals surface area contributed by atoms with Gasteiger partial charge in [-0.2, -0.15) is 5.10 Å². The fourth-order valence-electron chi connectivity index (χ4n) is 2.92. The van der Waals surface area contributed by atoms with Crippen molar-refractivity contribution in [1.82, 2.24) is 14.7 Å². The molecule has 1 aromatic heterocycles. The molecule has 0 aliphatic carbocycles. The molecule has 2 heterocycles. The van der Waals surface area contributed by atoms with E-state index in [9.17, 15) is 4.79 Å². The lowest BCUT2D eigenvalue weighted by molar-refractivity contribution is -0.136. The van der Waals surface area contributed by atoms with Gasteiger partial charge < -0.3 is 9.64 Å². The molecule has 110 valence electrons. The Hall–Kier alpha value is -2.14. The lowest BCUT2D eigenvalue weighted by Gasteiger charge is -2.34. The summed E-state index contributed by atoms with van der Waals surface area (Å²) in [6.07, 6.45) is 3.90. The minimum absolute atomic E-state index is 0.0286. The van der Waals surface area contributed by atoms with E-state index in [1.807, 2.05) is 30.4 Å². The van der Waals surface area contributed by atoms with E-state index >= 15 is 0 Å². The van der Waals surface area contributed by atoms with Gasteiger partial charge in [0.1, 0.15) is 6.61 Å². The lowest BCUT2D eigenvalue weighted by atomic mass is 9.86. The number of carbonyl (C=O) groups is 1. The van der Waals surface area contributed by atoms with Crippen molar-refractivity contribution >= 4 is 5.91 Å². The Balaban J connectivity index is 1.96. The first-order valence-corrected chi connectivity index (χ1v) is 7.02. The number of aryl methyl sites for hydroxylation is 1. The average Bonchev–Trinajstić information content (AvgIpc) is 2.93. The summed E-state index contributed by atoms with van der Waals surface area (Å²) < 4.78 is 6.78. The molecule has 3 rings (SSSR count). The van der Waals surface area contributed by atoms with Gasteiger partial charge in [-0.1, -0.05) is 24.3 Å². The predicted octanol–water partition coefficient (Wildman–Crippen LogP) is 1.54. The smallest absolute Gasteiger partial charge is 0.248 e. The summed E-state index contributed by atoms with van der Waals surface area (Å²) in [4.78, 5) is 14.0. The van der Waals surface area contributed by atoms with E-state index in [1.165, 1.54) is 11.1 Å². The molecule has 1 aliphatic heterocycles. The molecule has 1 unspecified atom stereocenters. The van der Waals surface area contributed by atoms with Gasteiger partial charge in [0.25, 0.3) is 0 Å². The highest BCUT2D eigenvalue weighted by Gasteiger charge is 2.29. The number of rotatable bonds is 3. The molecular weight excluding hydrogens is 266 g/mol. The third-order valence-electron chi connectivity index (χ3n) is 3.94. The monoisotopic (exact) mass is 285 g/mol. The number of benzene rings is 1. The van der Waals surface area contributed by atoms with Gasteiger partial charge in [-0.3, -0.25) is 9.48 Å². The zero-order valence-electron chi connectivity index (χ0n) is 12.3. The molecule has 0 N–H and O–H groups in total. The van der Waals surface area contributed by atoms with Crippen LogP contribution in [0.3, 0.4) is 0 Å². The summed E-state index contributed by atoms with van der Waals surface area (Å²) >= 11 is 0. The summed E-state index contributed by atoms with van der Waals surface area (Å²) in [7, 11) is 3.46. The highest BCUT2D eigenvalue weighted by molar-refractivity contribution is 5.78.